The van der Waals surface area contributed by atoms with E-state index in [1.54, 1.807) is 42.5 Å². The molecule has 2 heterocycles. The third-order valence-corrected chi connectivity index (χ3v) is 9.49. The first-order valence-corrected chi connectivity index (χ1v) is 15.2. The lowest BCUT2D eigenvalue weighted by atomic mass is 9.85. The normalized spacial score (nSPS) is 22.0. The number of esters is 1. The molecule has 4 aromatic rings. The molecular weight excluding hydrogens is 655 g/mol. The molecule has 1 saturated carbocycles. The van der Waals surface area contributed by atoms with Crippen LogP contribution in [0.3, 0.4) is 0 Å². The molecule has 1 aromatic heterocycles. The van der Waals surface area contributed by atoms with Gasteiger partial charge in [-0.25, -0.2) is 9.78 Å². The predicted octanol–water partition coefficient (Wildman–Crippen LogP) is 7.32. The number of anilines is 1. The maximum absolute atomic E-state index is 13.3. The molecule has 4 unspecified atom stereocenters. The molecule has 2 aliphatic carbocycles. The van der Waals surface area contributed by atoms with Crippen molar-refractivity contribution >= 4 is 79.3 Å². The second-order valence-electron chi connectivity index (χ2n) is 10.9. The Hall–Kier alpha value is -3.85. The lowest BCUT2D eigenvalue weighted by molar-refractivity contribution is -0.123. The fourth-order valence-corrected chi connectivity index (χ4v) is 7.33. The van der Waals surface area contributed by atoms with Gasteiger partial charge in [0.05, 0.1) is 39.3 Å². The summed E-state index contributed by atoms with van der Waals surface area (Å²) in [6.45, 7) is -0.515. The van der Waals surface area contributed by atoms with Crippen molar-refractivity contribution in [1.82, 2.24) is 4.98 Å². The van der Waals surface area contributed by atoms with Crippen LogP contribution in [0.4, 0.5) is 5.69 Å². The highest BCUT2D eigenvalue weighted by molar-refractivity contribution is 9.10. The number of nitrogens with zero attached hydrogens (tertiary/aromatic N) is 2. The summed E-state index contributed by atoms with van der Waals surface area (Å²) in [7, 11) is 0. The molecule has 3 aliphatic rings. The van der Waals surface area contributed by atoms with E-state index in [1.165, 1.54) is 23.1 Å². The molecule has 10 heteroatoms. The first-order valence-electron chi connectivity index (χ1n) is 13.6. The number of rotatable bonds is 6. The highest BCUT2D eigenvalue weighted by atomic mass is 79.9. The highest BCUT2D eigenvalue weighted by Crippen LogP contribution is 2.53. The number of Topliss-reactive ketones (excluding diaryl/α,β-unsaturated/α-hetero) is 1. The number of allylic oxidation sites excluding steroid dienone is 2. The Bertz CT molecular complexity index is 1880. The summed E-state index contributed by atoms with van der Waals surface area (Å²) in [4.78, 5) is 58.6. The van der Waals surface area contributed by atoms with Crippen LogP contribution in [-0.4, -0.2) is 35.2 Å². The third-order valence-electron chi connectivity index (χ3n) is 8.45. The number of amides is 2. The van der Waals surface area contributed by atoms with E-state index in [2.05, 4.69) is 28.1 Å². The van der Waals surface area contributed by atoms with Gasteiger partial charge >= 0.3 is 5.97 Å². The third kappa shape index (κ3) is 4.78. The number of hydrogen-bond acceptors (Lipinski definition) is 6. The largest absolute Gasteiger partial charge is 0.454 e. The van der Waals surface area contributed by atoms with E-state index in [9.17, 15) is 19.2 Å². The number of imide groups is 1. The number of benzene rings is 3. The van der Waals surface area contributed by atoms with Crippen LogP contribution in [-0.2, 0) is 14.3 Å². The van der Waals surface area contributed by atoms with Crippen molar-refractivity contribution in [1.29, 1.82) is 0 Å². The molecule has 2 fully saturated rings. The number of ether oxygens (including phenoxy) is 1. The summed E-state index contributed by atoms with van der Waals surface area (Å²) < 4.78 is 6.17. The molecule has 1 saturated heterocycles. The fraction of sp³-hybridized carbons (Fsp3) is 0.182. The number of ketones is 1. The number of carbonyl (C=O) groups excluding carboxylic acids is 4. The lowest BCUT2D eigenvalue weighted by Gasteiger charge is -2.17. The Balaban J connectivity index is 1.16. The van der Waals surface area contributed by atoms with Crippen LogP contribution >= 0.6 is 39.1 Å². The zero-order valence-corrected chi connectivity index (χ0v) is 25.4. The van der Waals surface area contributed by atoms with E-state index < -0.39 is 18.4 Å². The van der Waals surface area contributed by atoms with E-state index in [-0.39, 0.29) is 51.6 Å². The number of halogens is 3. The van der Waals surface area contributed by atoms with Crippen LogP contribution in [0, 0.1) is 23.7 Å². The van der Waals surface area contributed by atoms with Crippen molar-refractivity contribution < 1.29 is 23.9 Å². The summed E-state index contributed by atoms with van der Waals surface area (Å²) in [6.07, 6.45) is 5.01. The van der Waals surface area contributed by atoms with E-state index in [4.69, 9.17) is 32.9 Å². The molecule has 2 amide bonds. The van der Waals surface area contributed by atoms with Crippen molar-refractivity contribution in [3.05, 3.63) is 105 Å². The lowest BCUT2D eigenvalue weighted by Crippen LogP contribution is -2.32. The summed E-state index contributed by atoms with van der Waals surface area (Å²) in [6, 6.07) is 18.4. The van der Waals surface area contributed by atoms with Gasteiger partial charge in [-0.3, -0.25) is 19.3 Å². The molecule has 0 radical (unpaired) electrons. The van der Waals surface area contributed by atoms with Gasteiger partial charge in [-0.15, -0.1) is 0 Å². The Morgan fingerprint density at radius 1 is 0.884 bits per heavy atom. The average molecular weight is 676 g/mol. The van der Waals surface area contributed by atoms with E-state index in [1.807, 2.05) is 6.07 Å². The van der Waals surface area contributed by atoms with Crippen LogP contribution in [0.1, 0.15) is 27.1 Å². The number of aromatic nitrogens is 1. The second-order valence-corrected chi connectivity index (χ2v) is 12.7. The quantitative estimate of drug-likeness (QED) is 0.0920. The molecule has 4 atom stereocenters. The second kappa shape index (κ2) is 10.7. The Labute approximate surface area is 264 Å². The van der Waals surface area contributed by atoms with Gasteiger partial charge in [-0.1, -0.05) is 63.4 Å². The monoisotopic (exact) mass is 674 g/mol. The van der Waals surface area contributed by atoms with Crippen molar-refractivity contribution in [3.63, 3.8) is 0 Å². The Morgan fingerprint density at radius 2 is 1.58 bits per heavy atom. The summed E-state index contributed by atoms with van der Waals surface area (Å²) >= 11 is 15.5. The smallest absolute Gasteiger partial charge is 0.339 e. The van der Waals surface area contributed by atoms with Crippen LogP contribution in [0.5, 0.6) is 0 Å². The van der Waals surface area contributed by atoms with Crippen molar-refractivity contribution in [2.24, 2.45) is 23.7 Å². The maximum atomic E-state index is 13.3. The van der Waals surface area contributed by atoms with Crippen molar-refractivity contribution in [2.75, 3.05) is 11.5 Å². The number of hydrogen-bond donors (Lipinski definition) is 0. The summed E-state index contributed by atoms with van der Waals surface area (Å²) in [5.74, 6) is -1.75. The van der Waals surface area contributed by atoms with Gasteiger partial charge in [0.15, 0.2) is 6.61 Å². The molecule has 1 aliphatic heterocycles. The van der Waals surface area contributed by atoms with Crippen LogP contribution in [0.2, 0.25) is 10.0 Å². The molecule has 7 nitrogen and oxygen atoms in total. The predicted molar refractivity (Wildman–Crippen MR) is 166 cm³/mol. The zero-order valence-electron chi connectivity index (χ0n) is 22.3. The van der Waals surface area contributed by atoms with Gasteiger partial charge in [0, 0.05) is 26.0 Å². The minimum Gasteiger partial charge on any atom is -0.454 e. The summed E-state index contributed by atoms with van der Waals surface area (Å²) in [5, 5.41) is 1.10. The van der Waals surface area contributed by atoms with Gasteiger partial charge in [0.2, 0.25) is 17.6 Å². The van der Waals surface area contributed by atoms with Crippen LogP contribution < -0.4 is 4.90 Å². The molecular formula is C33H21BrCl2N2O5. The van der Waals surface area contributed by atoms with Gasteiger partial charge in [0.25, 0.3) is 0 Å². The van der Waals surface area contributed by atoms with Gasteiger partial charge in [0.1, 0.15) is 0 Å². The molecule has 7 rings (SSSR count). The Kier molecular flexibility index (Phi) is 6.95. The first kappa shape index (κ1) is 28.0. The van der Waals surface area contributed by atoms with E-state index in [0.717, 1.165) is 10.9 Å². The molecule has 43 heavy (non-hydrogen) atoms. The molecule has 2 bridgehead atoms. The fourth-order valence-electron chi connectivity index (χ4n) is 6.46. The molecule has 0 spiro atoms. The van der Waals surface area contributed by atoms with Gasteiger partial charge < -0.3 is 4.74 Å². The standard InChI is InChI=1S/C33H21BrCl2N2O5/c34-19-5-10-26-23(12-19)24(33(42)43-15-28(39)22-9-6-20(35)13-25(22)36)14-27(37-26)16-3-7-21(8-4-16)38-31(40)29-17-1-2-18(11-17)30(29)32(38)41/h1-10,12-14,17-18,29-30H,11,15H2. The minimum absolute atomic E-state index is 0.134. The van der Waals surface area contributed by atoms with E-state index in [0.29, 0.717) is 32.9 Å². The van der Waals surface area contributed by atoms with Crippen LogP contribution in [0.15, 0.2) is 83.4 Å². The minimum atomic E-state index is -0.704. The van der Waals surface area contributed by atoms with E-state index >= 15 is 0 Å². The van der Waals surface area contributed by atoms with Crippen molar-refractivity contribution in [2.45, 2.75) is 6.42 Å². The van der Waals surface area contributed by atoms with Crippen molar-refractivity contribution in [3.8, 4) is 11.3 Å². The SMILES string of the molecule is O=C(COC(=O)c1cc(-c2ccc(N3C(=O)C4C5C=CC(C5)C4C3=O)cc2)nc2ccc(Br)cc12)c1ccc(Cl)cc1Cl. The topological polar surface area (TPSA) is 93.6 Å². The van der Waals surface area contributed by atoms with Gasteiger partial charge in [-0.2, -0.15) is 0 Å². The number of fused-ring (bicyclic) bond motifs is 6. The maximum Gasteiger partial charge on any atom is 0.339 e. The summed E-state index contributed by atoms with van der Waals surface area (Å²) in [5.41, 5.74) is 2.64. The Morgan fingerprint density at radius 3 is 2.26 bits per heavy atom. The highest BCUT2D eigenvalue weighted by Gasteiger charge is 2.59. The number of carbonyl (C=O) groups is 4. The molecule has 0 N–H and O–H groups in total. The number of pyridine rings is 1. The average Bonchev–Trinajstić information content (AvgIpc) is 3.68. The zero-order chi connectivity index (χ0) is 30.0. The molecule has 214 valence electrons. The van der Waals surface area contributed by atoms with Crippen LogP contribution in [0.25, 0.3) is 22.2 Å². The first-order chi connectivity index (χ1) is 20.7. The molecule has 3 aromatic carbocycles. The van der Waals surface area contributed by atoms with Gasteiger partial charge in [-0.05, 0) is 72.9 Å².